The molecule has 0 aliphatic heterocycles. The van der Waals surface area contributed by atoms with Gasteiger partial charge in [-0.05, 0) is 42.2 Å². The molecule has 0 bridgehead atoms. The Morgan fingerprint density at radius 2 is 1.86 bits per heavy atom. The predicted molar refractivity (Wildman–Crippen MR) is 88.7 cm³/mol. The molecule has 0 radical (unpaired) electrons. The van der Waals surface area contributed by atoms with Gasteiger partial charge in [0.05, 0.1) is 16.2 Å². The molecular formula is C19H14ClN. The van der Waals surface area contributed by atoms with Crippen molar-refractivity contribution in [2.45, 2.75) is 13.3 Å². The highest BCUT2D eigenvalue weighted by Crippen LogP contribution is 2.34. The first-order valence-corrected chi connectivity index (χ1v) is 7.46. The summed E-state index contributed by atoms with van der Waals surface area (Å²) in [5.41, 5.74) is 7.15. The molecule has 0 N–H and O–H groups in total. The summed E-state index contributed by atoms with van der Waals surface area (Å²) in [6.45, 7) is 2.17. The fraction of sp³-hybridized carbons (Fsp3) is 0.105. The second-order valence-corrected chi connectivity index (χ2v) is 5.84. The van der Waals surface area contributed by atoms with Gasteiger partial charge < -0.3 is 0 Å². The summed E-state index contributed by atoms with van der Waals surface area (Å²) in [6.07, 6.45) is 3.25. The average Bonchev–Trinajstić information content (AvgIpc) is 2.93. The summed E-state index contributed by atoms with van der Waals surface area (Å²) in [5, 5.41) is 1.78. The molecule has 2 heteroatoms. The minimum Gasteiger partial charge on any atom is -0.246 e. The van der Waals surface area contributed by atoms with Crippen LogP contribution in [0.25, 0.3) is 16.5 Å². The highest BCUT2D eigenvalue weighted by Gasteiger charge is 2.18. The Hall–Kier alpha value is -2.12. The van der Waals surface area contributed by atoms with Gasteiger partial charge in [0.15, 0.2) is 0 Å². The van der Waals surface area contributed by atoms with Crippen molar-refractivity contribution >= 4 is 28.1 Å². The maximum Gasteiger partial charge on any atom is 0.0895 e. The number of hydrogen-bond donors (Lipinski definition) is 0. The van der Waals surface area contributed by atoms with Crippen LogP contribution >= 0.6 is 11.6 Å². The van der Waals surface area contributed by atoms with Gasteiger partial charge in [0.2, 0.25) is 0 Å². The van der Waals surface area contributed by atoms with Crippen molar-refractivity contribution in [1.82, 2.24) is 4.98 Å². The standard InChI is InChI=1S/C19H14ClN/c1-12-4-2-6-15-14(12)9-10-16(15)18-11-8-13-5-3-7-17(20)19(13)21-18/h2-8,10-11H,9H2,1H3. The van der Waals surface area contributed by atoms with Crippen LogP contribution in [0.3, 0.4) is 0 Å². The molecule has 0 spiro atoms. The van der Waals surface area contributed by atoms with Gasteiger partial charge >= 0.3 is 0 Å². The molecule has 3 aromatic rings. The van der Waals surface area contributed by atoms with Gasteiger partial charge in [0.1, 0.15) is 0 Å². The second kappa shape index (κ2) is 4.71. The molecule has 4 rings (SSSR count). The number of para-hydroxylation sites is 1. The number of aryl methyl sites for hydroxylation is 1. The number of hydrogen-bond acceptors (Lipinski definition) is 1. The first-order chi connectivity index (χ1) is 10.2. The number of allylic oxidation sites excluding steroid dienone is 1. The molecular weight excluding hydrogens is 278 g/mol. The first kappa shape index (κ1) is 12.6. The van der Waals surface area contributed by atoms with E-state index in [4.69, 9.17) is 16.6 Å². The van der Waals surface area contributed by atoms with E-state index in [1.807, 2.05) is 18.2 Å². The zero-order valence-electron chi connectivity index (χ0n) is 11.7. The zero-order valence-corrected chi connectivity index (χ0v) is 12.5. The van der Waals surface area contributed by atoms with Crippen molar-refractivity contribution in [1.29, 1.82) is 0 Å². The summed E-state index contributed by atoms with van der Waals surface area (Å²) in [5.74, 6) is 0. The lowest BCUT2D eigenvalue weighted by molar-refractivity contribution is 1.24. The van der Waals surface area contributed by atoms with Crippen LogP contribution in [0.1, 0.15) is 22.4 Å². The van der Waals surface area contributed by atoms with Crippen LogP contribution in [0.15, 0.2) is 54.6 Å². The van der Waals surface area contributed by atoms with Crippen LogP contribution in [0.4, 0.5) is 0 Å². The van der Waals surface area contributed by atoms with E-state index < -0.39 is 0 Å². The molecule has 1 aromatic heterocycles. The van der Waals surface area contributed by atoms with Crippen molar-refractivity contribution in [3.63, 3.8) is 0 Å². The maximum absolute atomic E-state index is 6.28. The molecule has 102 valence electrons. The number of pyridine rings is 1. The van der Waals surface area contributed by atoms with Gasteiger partial charge in [-0.25, -0.2) is 4.98 Å². The molecule has 1 aliphatic carbocycles. The SMILES string of the molecule is Cc1cccc2c1CC=C2c1ccc2cccc(Cl)c2n1. The number of aromatic nitrogens is 1. The highest BCUT2D eigenvalue weighted by molar-refractivity contribution is 6.35. The molecule has 0 saturated carbocycles. The smallest absolute Gasteiger partial charge is 0.0895 e. The number of benzene rings is 2. The minimum atomic E-state index is 0.706. The quantitative estimate of drug-likeness (QED) is 0.601. The second-order valence-electron chi connectivity index (χ2n) is 5.43. The molecule has 2 aromatic carbocycles. The van der Waals surface area contributed by atoms with Crippen molar-refractivity contribution in [3.05, 3.63) is 82.0 Å². The Kier molecular flexibility index (Phi) is 2.83. The van der Waals surface area contributed by atoms with Crippen LogP contribution in [0.5, 0.6) is 0 Å². The van der Waals surface area contributed by atoms with E-state index in [1.54, 1.807) is 0 Å². The summed E-state index contributed by atoms with van der Waals surface area (Å²) in [4.78, 5) is 4.79. The third-order valence-electron chi connectivity index (χ3n) is 4.16. The third-order valence-corrected chi connectivity index (χ3v) is 4.46. The number of rotatable bonds is 1. The normalized spacial score (nSPS) is 13.3. The first-order valence-electron chi connectivity index (χ1n) is 7.09. The number of halogens is 1. The van der Waals surface area contributed by atoms with Crippen molar-refractivity contribution < 1.29 is 0 Å². The summed E-state index contributed by atoms with van der Waals surface area (Å²) < 4.78 is 0. The maximum atomic E-state index is 6.28. The van der Waals surface area contributed by atoms with Crippen molar-refractivity contribution in [3.8, 4) is 0 Å². The van der Waals surface area contributed by atoms with Crippen LogP contribution in [-0.2, 0) is 6.42 Å². The van der Waals surface area contributed by atoms with Gasteiger partial charge in [-0.1, -0.05) is 54.1 Å². The topological polar surface area (TPSA) is 12.9 Å². The zero-order chi connectivity index (χ0) is 14.4. The number of nitrogens with zero attached hydrogens (tertiary/aromatic N) is 1. The highest BCUT2D eigenvalue weighted by atomic mass is 35.5. The van der Waals surface area contributed by atoms with E-state index in [0.717, 1.165) is 23.0 Å². The van der Waals surface area contributed by atoms with Crippen LogP contribution in [0.2, 0.25) is 5.02 Å². The fourth-order valence-corrected chi connectivity index (χ4v) is 3.27. The molecule has 0 amide bonds. The Morgan fingerprint density at radius 1 is 1.00 bits per heavy atom. The van der Waals surface area contributed by atoms with Gasteiger partial charge in [0, 0.05) is 11.0 Å². The molecule has 1 aliphatic rings. The van der Waals surface area contributed by atoms with E-state index in [2.05, 4.69) is 43.3 Å². The van der Waals surface area contributed by atoms with Gasteiger partial charge in [-0.15, -0.1) is 0 Å². The summed E-state index contributed by atoms with van der Waals surface area (Å²) in [7, 11) is 0. The Balaban J connectivity index is 1.90. The summed E-state index contributed by atoms with van der Waals surface area (Å²) in [6, 6.07) is 16.5. The largest absolute Gasteiger partial charge is 0.246 e. The fourth-order valence-electron chi connectivity index (χ4n) is 3.04. The Labute approximate surface area is 128 Å². The predicted octanol–water partition coefficient (Wildman–Crippen LogP) is 5.18. The van der Waals surface area contributed by atoms with E-state index in [-0.39, 0.29) is 0 Å². The van der Waals surface area contributed by atoms with Crippen molar-refractivity contribution in [2.24, 2.45) is 0 Å². The molecule has 0 unspecified atom stereocenters. The molecule has 21 heavy (non-hydrogen) atoms. The van der Waals surface area contributed by atoms with E-state index in [9.17, 15) is 0 Å². The van der Waals surface area contributed by atoms with E-state index >= 15 is 0 Å². The minimum absolute atomic E-state index is 0.706. The Bertz CT molecular complexity index is 893. The van der Waals surface area contributed by atoms with E-state index in [0.29, 0.717) is 5.02 Å². The van der Waals surface area contributed by atoms with E-state index in [1.165, 1.54) is 22.3 Å². The molecule has 1 heterocycles. The van der Waals surface area contributed by atoms with Gasteiger partial charge in [-0.2, -0.15) is 0 Å². The molecule has 1 nitrogen and oxygen atoms in total. The molecule has 0 saturated heterocycles. The van der Waals surface area contributed by atoms with Crippen LogP contribution in [0, 0.1) is 6.92 Å². The summed E-state index contributed by atoms with van der Waals surface area (Å²) >= 11 is 6.28. The average molecular weight is 292 g/mol. The lowest BCUT2D eigenvalue weighted by atomic mass is 9.99. The van der Waals surface area contributed by atoms with Gasteiger partial charge in [-0.3, -0.25) is 0 Å². The lowest BCUT2D eigenvalue weighted by Gasteiger charge is -2.09. The van der Waals surface area contributed by atoms with Crippen LogP contribution < -0.4 is 0 Å². The van der Waals surface area contributed by atoms with Crippen molar-refractivity contribution in [2.75, 3.05) is 0 Å². The number of fused-ring (bicyclic) bond motifs is 2. The monoisotopic (exact) mass is 291 g/mol. The van der Waals surface area contributed by atoms with Crippen LogP contribution in [-0.4, -0.2) is 4.98 Å². The molecule has 0 atom stereocenters. The third kappa shape index (κ3) is 1.97. The Morgan fingerprint density at radius 3 is 2.76 bits per heavy atom. The lowest BCUT2D eigenvalue weighted by Crippen LogP contribution is -1.93. The molecule has 0 fully saturated rings. The van der Waals surface area contributed by atoms with Gasteiger partial charge in [0.25, 0.3) is 0 Å².